The van der Waals surface area contributed by atoms with E-state index in [-0.39, 0.29) is 30.8 Å². The largest absolute Gasteiger partial charge is 0.416 e. The predicted octanol–water partition coefficient (Wildman–Crippen LogP) is 2.52. The lowest BCUT2D eigenvalue weighted by molar-refractivity contribution is -0.137. The summed E-state index contributed by atoms with van der Waals surface area (Å²) in [5.41, 5.74) is 5.43. The van der Waals surface area contributed by atoms with Crippen molar-refractivity contribution in [1.82, 2.24) is 5.32 Å². The summed E-state index contributed by atoms with van der Waals surface area (Å²) in [6.07, 6.45) is -2.14. The normalized spacial score (nSPS) is 16.0. The van der Waals surface area contributed by atoms with Gasteiger partial charge in [0, 0.05) is 12.6 Å². The molecule has 1 atom stereocenters. The van der Waals surface area contributed by atoms with Crippen LogP contribution in [0, 0.1) is 5.92 Å². The number of amides is 1. The molecule has 0 bridgehead atoms. The topological polar surface area (TPSA) is 55.1 Å². The fourth-order valence-electron chi connectivity index (χ4n) is 2.12. The van der Waals surface area contributed by atoms with Crippen LogP contribution in [0.5, 0.6) is 0 Å². The van der Waals surface area contributed by atoms with Crippen LogP contribution in [0.4, 0.5) is 13.2 Å². The van der Waals surface area contributed by atoms with Crippen molar-refractivity contribution in [2.75, 3.05) is 6.54 Å². The molecule has 118 valence electrons. The quantitative estimate of drug-likeness (QED) is 0.875. The summed E-state index contributed by atoms with van der Waals surface area (Å²) >= 11 is 0. The molecule has 7 heteroatoms. The standard InChI is InChI=1S/C14H17F3N2O.ClH/c15-14(16,17)11-5-1-9(2-6-11)7-13(20)19-12(8-18)10-3-4-10;/h1-2,5-6,10,12H,3-4,7-8,18H2,(H,19,20);1H. The average molecular weight is 323 g/mol. The Bertz CT molecular complexity index is 472. The zero-order valence-electron chi connectivity index (χ0n) is 11.3. The number of benzene rings is 1. The third-order valence-electron chi connectivity index (χ3n) is 3.44. The second-order valence-corrected chi connectivity index (χ2v) is 5.12. The van der Waals surface area contributed by atoms with Gasteiger partial charge in [0.15, 0.2) is 0 Å². The van der Waals surface area contributed by atoms with E-state index in [9.17, 15) is 18.0 Å². The van der Waals surface area contributed by atoms with Crippen molar-refractivity contribution in [3.05, 3.63) is 35.4 Å². The van der Waals surface area contributed by atoms with E-state index in [1.54, 1.807) is 0 Å². The molecule has 3 nitrogen and oxygen atoms in total. The fraction of sp³-hybridized carbons (Fsp3) is 0.500. The molecule has 0 aliphatic heterocycles. The first-order chi connectivity index (χ1) is 9.40. The highest BCUT2D eigenvalue weighted by Crippen LogP contribution is 2.32. The Labute approximate surface area is 127 Å². The number of hydrogen-bond acceptors (Lipinski definition) is 2. The molecular weight excluding hydrogens is 305 g/mol. The Kier molecular flexibility index (Phi) is 6.04. The van der Waals surface area contributed by atoms with Gasteiger partial charge in [0.1, 0.15) is 0 Å². The molecule has 1 aliphatic rings. The van der Waals surface area contributed by atoms with Gasteiger partial charge in [0.25, 0.3) is 0 Å². The molecule has 1 saturated carbocycles. The van der Waals surface area contributed by atoms with Crippen LogP contribution in [0.25, 0.3) is 0 Å². The van der Waals surface area contributed by atoms with Gasteiger partial charge in [-0.15, -0.1) is 12.4 Å². The van der Waals surface area contributed by atoms with Crippen molar-refractivity contribution in [3.8, 4) is 0 Å². The molecule has 0 radical (unpaired) electrons. The first-order valence-corrected chi connectivity index (χ1v) is 6.55. The van der Waals surface area contributed by atoms with Crippen LogP contribution < -0.4 is 11.1 Å². The van der Waals surface area contributed by atoms with Crippen LogP contribution in [0.2, 0.25) is 0 Å². The maximum Gasteiger partial charge on any atom is 0.416 e. The maximum absolute atomic E-state index is 12.4. The number of carbonyl (C=O) groups is 1. The SMILES string of the molecule is Cl.NCC(NC(=O)Cc1ccc(C(F)(F)F)cc1)C1CC1. The number of alkyl halides is 3. The molecule has 21 heavy (non-hydrogen) atoms. The first-order valence-electron chi connectivity index (χ1n) is 6.55. The molecule has 1 fully saturated rings. The van der Waals surface area contributed by atoms with E-state index in [0.717, 1.165) is 25.0 Å². The van der Waals surface area contributed by atoms with Crippen molar-refractivity contribution in [1.29, 1.82) is 0 Å². The lowest BCUT2D eigenvalue weighted by Crippen LogP contribution is -2.42. The Morgan fingerprint density at radius 3 is 2.29 bits per heavy atom. The highest BCUT2D eigenvalue weighted by atomic mass is 35.5. The van der Waals surface area contributed by atoms with E-state index in [4.69, 9.17) is 5.73 Å². The van der Waals surface area contributed by atoms with Crippen molar-refractivity contribution in [2.45, 2.75) is 31.5 Å². The molecule has 0 aromatic heterocycles. The van der Waals surface area contributed by atoms with E-state index in [1.165, 1.54) is 12.1 Å². The molecule has 2 rings (SSSR count). The van der Waals surface area contributed by atoms with Crippen LogP contribution in [0.1, 0.15) is 24.0 Å². The van der Waals surface area contributed by atoms with Gasteiger partial charge < -0.3 is 11.1 Å². The molecular formula is C14H18ClF3N2O. The van der Waals surface area contributed by atoms with Crippen LogP contribution in [0.15, 0.2) is 24.3 Å². The Hall–Kier alpha value is -1.27. The molecule has 3 N–H and O–H groups in total. The zero-order valence-corrected chi connectivity index (χ0v) is 12.1. The van der Waals surface area contributed by atoms with Crippen LogP contribution in [-0.4, -0.2) is 18.5 Å². The van der Waals surface area contributed by atoms with Crippen LogP contribution >= 0.6 is 12.4 Å². The number of hydrogen-bond donors (Lipinski definition) is 2. The van der Waals surface area contributed by atoms with Gasteiger partial charge in [0.05, 0.1) is 12.0 Å². The molecule has 0 spiro atoms. The minimum absolute atomic E-state index is 0. The molecule has 1 aromatic rings. The summed E-state index contributed by atoms with van der Waals surface area (Å²) < 4.78 is 37.2. The van der Waals surface area contributed by atoms with Gasteiger partial charge in [-0.3, -0.25) is 4.79 Å². The highest BCUT2D eigenvalue weighted by molar-refractivity contribution is 5.85. The maximum atomic E-state index is 12.4. The summed E-state index contributed by atoms with van der Waals surface area (Å²) in [6, 6.07) is 4.62. The minimum atomic E-state index is -4.35. The fourth-order valence-corrected chi connectivity index (χ4v) is 2.12. The zero-order chi connectivity index (χ0) is 14.8. The van der Waals surface area contributed by atoms with Crippen molar-refractivity contribution < 1.29 is 18.0 Å². The molecule has 1 aromatic carbocycles. The van der Waals surface area contributed by atoms with Gasteiger partial charge in [-0.2, -0.15) is 13.2 Å². The minimum Gasteiger partial charge on any atom is -0.352 e. The number of carbonyl (C=O) groups excluding carboxylic acids is 1. The number of nitrogens with two attached hydrogens (primary N) is 1. The first kappa shape index (κ1) is 17.8. The lowest BCUT2D eigenvalue weighted by atomic mass is 10.1. The van der Waals surface area contributed by atoms with E-state index in [0.29, 0.717) is 18.0 Å². The highest BCUT2D eigenvalue weighted by Gasteiger charge is 2.31. The predicted molar refractivity (Wildman–Crippen MR) is 76.1 cm³/mol. The van der Waals surface area contributed by atoms with E-state index in [2.05, 4.69) is 5.32 Å². The van der Waals surface area contributed by atoms with Gasteiger partial charge >= 0.3 is 6.18 Å². The molecule has 1 amide bonds. The van der Waals surface area contributed by atoms with E-state index in [1.807, 2.05) is 0 Å². The monoisotopic (exact) mass is 322 g/mol. The summed E-state index contributed by atoms with van der Waals surface area (Å²) in [7, 11) is 0. The third-order valence-corrected chi connectivity index (χ3v) is 3.44. The van der Waals surface area contributed by atoms with Crippen LogP contribution in [-0.2, 0) is 17.4 Å². The summed E-state index contributed by atoms with van der Waals surface area (Å²) in [5, 5.41) is 2.84. The second kappa shape index (κ2) is 7.13. The molecule has 1 unspecified atom stereocenters. The number of halogens is 4. The van der Waals surface area contributed by atoms with Crippen molar-refractivity contribution in [2.24, 2.45) is 11.7 Å². The van der Waals surface area contributed by atoms with Gasteiger partial charge in [-0.25, -0.2) is 0 Å². The molecule has 0 saturated heterocycles. The van der Waals surface area contributed by atoms with Gasteiger partial charge in [-0.1, -0.05) is 12.1 Å². The van der Waals surface area contributed by atoms with Gasteiger partial charge in [-0.05, 0) is 36.5 Å². The molecule has 1 aliphatic carbocycles. The third kappa shape index (κ3) is 5.21. The summed E-state index contributed by atoms with van der Waals surface area (Å²) in [4.78, 5) is 11.8. The van der Waals surface area contributed by atoms with Crippen LogP contribution in [0.3, 0.4) is 0 Å². The second-order valence-electron chi connectivity index (χ2n) is 5.12. The van der Waals surface area contributed by atoms with Gasteiger partial charge in [0.2, 0.25) is 5.91 Å². The Morgan fingerprint density at radius 1 is 1.29 bits per heavy atom. The number of rotatable bonds is 5. The Morgan fingerprint density at radius 2 is 1.86 bits per heavy atom. The Balaban J connectivity index is 0.00000220. The van der Waals surface area contributed by atoms with Crippen molar-refractivity contribution in [3.63, 3.8) is 0 Å². The number of nitrogens with one attached hydrogen (secondary N) is 1. The smallest absolute Gasteiger partial charge is 0.352 e. The lowest BCUT2D eigenvalue weighted by Gasteiger charge is -2.16. The average Bonchev–Trinajstić information content (AvgIpc) is 3.19. The summed E-state index contributed by atoms with van der Waals surface area (Å²) in [6.45, 7) is 0.392. The van der Waals surface area contributed by atoms with E-state index < -0.39 is 11.7 Å². The summed E-state index contributed by atoms with van der Waals surface area (Å²) in [5.74, 6) is 0.253. The van der Waals surface area contributed by atoms with E-state index >= 15 is 0 Å². The van der Waals surface area contributed by atoms with Crippen molar-refractivity contribution >= 4 is 18.3 Å². The molecule has 0 heterocycles.